The molecule has 1 N–H and O–H groups in total. The van der Waals surface area contributed by atoms with Crippen molar-refractivity contribution >= 4 is 15.9 Å². The van der Waals surface area contributed by atoms with E-state index in [1.807, 2.05) is 11.7 Å². The molecule has 0 saturated heterocycles. The fourth-order valence-electron chi connectivity index (χ4n) is 2.25. The zero-order valence-corrected chi connectivity index (χ0v) is 13.8. The van der Waals surface area contributed by atoms with Crippen molar-refractivity contribution in [3.8, 4) is 0 Å². The highest BCUT2D eigenvalue weighted by molar-refractivity contribution is 9.10. The second kappa shape index (κ2) is 6.99. The predicted molar refractivity (Wildman–Crippen MR) is 84.8 cm³/mol. The minimum Gasteiger partial charge on any atom is -0.316 e. The fraction of sp³-hybridized carbons (Fsp3) is 0.467. The Bertz CT molecular complexity index is 533. The van der Waals surface area contributed by atoms with Gasteiger partial charge in [0.2, 0.25) is 0 Å². The van der Waals surface area contributed by atoms with Crippen molar-refractivity contribution in [2.24, 2.45) is 0 Å². The number of hydrogen-bond donors (Lipinski definition) is 1. The van der Waals surface area contributed by atoms with Gasteiger partial charge in [0, 0.05) is 23.0 Å². The molecule has 0 aliphatic heterocycles. The van der Waals surface area contributed by atoms with Crippen LogP contribution in [0.5, 0.6) is 0 Å². The molecule has 0 bridgehead atoms. The van der Waals surface area contributed by atoms with Crippen LogP contribution < -0.4 is 5.32 Å². The second-order valence-corrected chi connectivity index (χ2v) is 6.15. The molecule has 1 heterocycles. The highest BCUT2D eigenvalue weighted by atomic mass is 79.9. The molecule has 2 aromatic rings. The lowest BCUT2D eigenvalue weighted by Crippen LogP contribution is -2.31. The highest BCUT2D eigenvalue weighted by Crippen LogP contribution is 2.14. The van der Waals surface area contributed by atoms with Crippen LogP contribution in [0.2, 0.25) is 0 Å². The van der Waals surface area contributed by atoms with Gasteiger partial charge in [0.1, 0.15) is 12.2 Å². The lowest BCUT2D eigenvalue weighted by atomic mass is 10.0. The van der Waals surface area contributed by atoms with Crippen molar-refractivity contribution in [1.29, 1.82) is 0 Å². The topological polar surface area (TPSA) is 42.7 Å². The Morgan fingerprint density at radius 2 is 1.90 bits per heavy atom. The van der Waals surface area contributed by atoms with E-state index in [0.717, 1.165) is 23.1 Å². The van der Waals surface area contributed by atoms with Crippen LogP contribution in [0.25, 0.3) is 0 Å². The molecule has 0 spiro atoms. The molecule has 1 aromatic carbocycles. The van der Waals surface area contributed by atoms with Crippen molar-refractivity contribution in [2.45, 2.75) is 38.8 Å². The Hall–Kier alpha value is -1.20. The Morgan fingerprint density at radius 1 is 1.20 bits per heavy atom. The fourth-order valence-corrected chi connectivity index (χ4v) is 2.52. The van der Waals surface area contributed by atoms with Crippen LogP contribution in [0.4, 0.5) is 0 Å². The maximum atomic E-state index is 4.39. The molecule has 4 nitrogen and oxygen atoms in total. The van der Waals surface area contributed by atoms with Crippen molar-refractivity contribution < 1.29 is 0 Å². The molecule has 0 aliphatic rings. The third-order valence-corrected chi connectivity index (χ3v) is 3.90. The first kappa shape index (κ1) is 15.2. The zero-order chi connectivity index (χ0) is 14.5. The van der Waals surface area contributed by atoms with E-state index in [1.165, 1.54) is 5.56 Å². The van der Waals surface area contributed by atoms with Gasteiger partial charge in [-0.2, -0.15) is 5.10 Å². The zero-order valence-electron chi connectivity index (χ0n) is 12.2. The molecule has 5 heteroatoms. The van der Waals surface area contributed by atoms with Crippen molar-refractivity contribution in [2.75, 3.05) is 7.05 Å². The van der Waals surface area contributed by atoms with E-state index in [9.17, 15) is 0 Å². The summed E-state index contributed by atoms with van der Waals surface area (Å²) in [5.74, 6) is 1.04. The summed E-state index contributed by atoms with van der Waals surface area (Å²) in [7, 11) is 2.00. The molecule has 1 unspecified atom stereocenters. The molecule has 0 radical (unpaired) electrons. The maximum Gasteiger partial charge on any atom is 0.138 e. The monoisotopic (exact) mass is 336 g/mol. The molecule has 0 amide bonds. The minimum atomic E-state index is 0.345. The number of halogens is 1. The van der Waals surface area contributed by atoms with Crippen molar-refractivity contribution in [3.63, 3.8) is 0 Å². The first-order valence-corrected chi connectivity index (χ1v) is 7.69. The second-order valence-electron chi connectivity index (χ2n) is 5.23. The standard InChI is InChI=1S/C15H21BrN4/c1-11(2)20-15(18-10-19-20)9-14(17-3)8-12-4-6-13(16)7-5-12/h4-7,10-11,14,17H,8-9H2,1-3H3. The average Bonchev–Trinajstić information content (AvgIpc) is 2.88. The van der Waals surface area contributed by atoms with E-state index in [4.69, 9.17) is 0 Å². The Balaban J connectivity index is 2.05. The van der Waals surface area contributed by atoms with E-state index in [0.29, 0.717) is 12.1 Å². The Kier molecular flexibility index (Phi) is 5.31. The van der Waals surface area contributed by atoms with Crippen LogP contribution in [-0.2, 0) is 12.8 Å². The van der Waals surface area contributed by atoms with Gasteiger partial charge in [0.05, 0.1) is 0 Å². The molecule has 0 saturated carbocycles. The van der Waals surface area contributed by atoms with Gasteiger partial charge in [-0.1, -0.05) is 28.1 Å². The minimum absolute atomic E-state index is 0.345. The number of likely N-dealkylation sites (N-methyl/N-ethyl adjacent to an activating group) is 1. The summed E-state index contributed by atoms with van der Waals surface area (Å²) in [5.41, 5.74) is 1.32. The number of nitrogens with one attached hydrogen (secondary N) is 1. The lowest BCUT2D eigenvalue weighted by molar-refractivity contribution is 0.470. The van der Waals surface area contributed by atoms with Gasteiger partial charge in [0.25, 0.3) is 0 Å². The summed E-state index contributed by atoms with van der Waals surface area (Å²) >= 11 is 3.47. The molecular formula is C15H21BrN4. The van der Waals surface area contributed by atoms with E-state index >= 15 is 0 Å². The van der Waals surface area contributed by atoms with Crippen LogP contribution >= 0.6 is 15.9 Å². The first-order valence-electron chi connectivity index (χ1n) is 6.90. The van der Waals surface area contributed by atoms with Gasteiger partial charge in [-0.25, -0.2) is 9.67 Å². The molecule has 0 aliphatic carbocycles. The smallest absolute Gasteiger partial charge is 0.138 e. The van der Waals surface area contributed by atoms with Crippen molar-refractivity contribution in [1.82, 2.24) is 20.1 Å². The van der Waals surface area contributed by atoms with Crippen LogP contribution in [-0.4, -0.2) is 27.9 Å². The SMILES string of the molecule is CNC(Cc1ccc(Br)cc1)Cc1ncnn1C(C)C. The Labute approximate surface area is 128 Å². The van der Waals surface area contributed by atoms with Gasteiger partial charge in [-0.3, -0.25) is 0 Å². The summed E-state index contributed by atoms with van der Waals surface area (Å²) in [6, 6.07) is 9.18. The van der Waals surface area contributed by atoms with Gasteiger partial charge < -0.3 is 5.32 Å². The van der Waals surface area contributed by atoms with Crippen LogP contribution in [0, 0.1) is 0 Å². The van der Waals surface area contributed by atoms with Crippen LogP contribution in [0.15, 0.2) is 35.1 Å². The number of benzene rings is 1. The summed E-state index contributed by atoms with van der Waals surface area (Å²) in [6.45, 7) is 4.25. The highest BCUT2D eigenvalue weighted by Gasteiger charge is 2.14. The molecule has 20 heavy (non-hydrogen) atoms. The Morgan fingerprint density at radius 3 is 2.50 bits per heavy atom. The molecule has 1 atom stereocenters. The summed E-state index contributed by atoms with van der Waals surface area (Å²) < 4.78 is 3.10. The number of rotatable bonds is 6. The quantitative estimate of drug-likeness (QED) is 0.881. The summed E-state index contributed by atoms with van der Waals surface area (Å²) in [5, 5.41) is 7.67. The van der Waals surface area contributed by atoms with Gasteiger partial charge in [-0.15, -0.1) is 0 Å². The third kappa shape index (κ3) is 3.90. The van der Waals surface area contributed by atoms with E-state index in [2.05, 4.69) is 69.4 Å². The molecule has 0 fully saturated rings. The van der Waals surface area contributed by atoms with E-state index in [1.54, 1.807) is 6.33 Å². The molecule has 2 rings (SSSR count). The molecular weight excluding hydrogens is 316 g/mol. The predicted octanol–water partition coefficient (Wildman–Crippen LogP) is 2.99. The van der Waals surface area contributed by atoms with E-state index < -0.39 is 0 Å². The van der Waals surface area contributed by atoms with Crippen LogP contribution in [0.3, 0.4) is 0 Å². The normalized spacial score (nSPS) is 12.8. The van der Waals surface area contributed by atoms with Gasteiger partial charge >= 0.3 is 0 Å². The third-order valence-electron chi connectivity index (χ3n) is 3.37. The largest absolute Gasteiger partial charge is 0.316 e. The van der Waals surface area contributed by atoms with E-state index in [-0.39, 0.29) is 0 Å². The first-order chi connectivity index (χ1) is 9.60. The van der Waals surface area contributed by atoms with Crippen LogP contribution in [0.1, 0.15) is 31.3 Å². The maximum absolute atomic E-state index is 4.39. The molecule has 1 aromatic heterocycles. The lowest BCUT2D eigenvalue weighted by Gasteiger charge is -2.17. The van der Waals surface area contributed by atoms with Gasteiger partial charge in [-0.05, 0) is 45.0 Å². The summed E-state index contributed by atoms with van der Waals surface area (Å²) in [6.07, 6.45) is 3.50. The molecule has 108 valence electrons. The van der Waals surface area contributed by atoms with Gasteiger partial charge in [0.15, 0.2) is 0 Å². The number of nitrogens with zero attached hydrogens (tertiary/aromatic N) is 3. The summed E-state index contributed by atoms with van der Waals surface area (Å²) in [4.78, 5) is 4.39. The number of aromatic nitrogens is 3. The average molecular weight is 337 g/mol. The van der Waals surface area contributed by atoms with Crippen molar-refractivity contribution in [3.05, 3.63) is 46.5 Å². The number of hydrogen-bond acceptors (Lipinski definition) is 3.